The van der Waals surface area contributed by atoms with Gasteiger partial charge in [-0.15, -0.1) is 0 Å². The fourth-order valence-corrected chi connectivity index (χ4v) is 4.53. The summed E-state index contributed by atoms with van der Waals surface area (Å²) in [7, 11) is 0. The molecule has 2 N–H and O–H groups in total. The van der Waals surface area contributed by atoms with Crippen molar-refractivity contribution in [1.82, 2.24) is 19.5 Å². The number of rotatable bonds is 5. The molecule has 0 spiro atoms. The summed E-state index contributed by atoms with van der Waals surface area (Å²) in [4.78, 5) is 12.9. The number of benzene rings is 2. The van der Waals surface area contributed by atoms with Crippen molar-refractivity contribution >= 4 is 27.6 Å². The van der Waals surface area contributed by atoms with Gasteiger partial charge in [0, 0.05) is 53.6 Å². The Kier molecular flexibility index (Phi) is 4.76. The summed E-state index contributed by atoms with van der Waals surface area (Å²) in [5, 5.41) is 1.64. The molecule has 0 aliphatic heterocycles. The number of halogens is 3. The molecule has 6 rings (SSSR count). The normalized spacial score (nSPS) is 13.7. The molecule has 1 aliphatic carbocycles. The van der Waals surface area contributed by atoms with E-state index in [1.165, 1.54) is 37.5 Å². The Bertz CT molecular complexity index is 1550. The smallest absolute Gasteiger partial charge is 0.146 e. The first kappa shape index (κ1) is 20.7. The topological polar surface area (TPSA) is 69.6 Å². The van der Waals surface area contributed by atoms with Gasteiger partial charge >= 0.3 is 0 Å². The van der Waals surface area contributed by atoms with E-state index in [9.17, 15) is 8.78 Å². The molecule has 0 radical (unpaired) electrons. The number of hydrogen-bond donors (Lipinski definition) is 1. The summed E-state index contributed by atoms with van der Waals surface area (Å²) in [5.74, 6) is -0.784. The Morgan fingerprint density at radius 1 is 0.941 bits per heavy atom. The van der Waals surface area contributed by atoms with Gasteiger partial charge in [-0.3, -0.25) is 4.98 Å². The molecule has 0 amide bonds. The minimum absolute atomic E-state index is 0.233. The molecule has 0 atom stereocenters. The van der Waals surface area contributed by atoms with E-state index in [1.807, 2.05) is 16.8 Å². The summed E-state index contributed by atoms with van der Waals surface area (Å²) in [6, 6.07) is 8.62. The first-order chi connectivity index (χ1) is 16.5. The lowest BCUT2D eigenvalue weighted by Gasteiger charge is -2.08. The zero-order valence-corrected chi connectivity index (χ0v) is 18.1. The Balaban J connectivity index is 1.42. The molecule has 1 aliphatic rings. The summed E-state index contributed by atoms with van der Waals surface area (Å²) < 4.78 is 44.8. The van der Waals surface area contributed by atoms with Crippen molar-refractivity contribution in [3.63, 3.8) is 0 Å². The Labute approximate surface area is 193 Å². The number of aromatic nitrogens is 4. The average Bonchev–Trinajstić information content (AvgIpc) is 3.53. The van der Waals surface area contributed by atoms with Crippen LogP contribution in [-0.2, 0) is 13.0 Å². The molecule has 5 nitrogen and oxygen atoms in total. The second kappa shape index (κ2) is 7.83. The van der Waals surface area contributed by atoms with Crippen molar-refractivity contribution in [3.8, 4) is 11.1 Å². The lowest BCUT2D eigenvalue weighted by molar-refractivity contribution is 0.580. The van der Waals surface area contributed by atoms with Gasteiger partial charge in [-0.25, -0.2) is 23.1 Å². The fraction of sp³-hybridized carbons (Fsp3) is 0.192. The highest BCUT2D eigenvalue weighted by Crippen LogP contribution is 2.38. The molecule has 0 unspecified atom stereocenters. The van der Waals surface area contributed by atoms with Crippen molar-refractivity contribution in [2.24, 2.45) is 5.92 Å². The molecule has 5 aromatic rings. The van der Waals surface area contributed by atoms with Gasteiger partial charge in [0.25, 0.3) is 0 Å². The van der Waals surface area contributed by atoms with Crippen LogP contribution in [0.15, 0.2) is 55.1 Å². The number of fused-ring (bicyclic) bond motifs is 2. The van der Waals surface area contributed by atoms with Gasteiger partial charge < -0.3 is 10.3 Å². The predicted octanol–water partition coefficient (Wildman–Crippen LogP) is 5.65. The Hall–Kier alpha value is -3.94. The monoisotopic (exact) mass is 459 g/mol. The van der Waals surface area contributed by atoms with E-state index in [1.54, 1.807) is 12.1 Å². The molecule has 34 heavy (non-hydrogen) atoms. The van der Waals surface area contributed by atoms with E-state index in [-0.39, 0.29) is 6.42 Å². The van der Waals surface area contributed by atoms with Crippen LogP contribution in [0.4, 0.5) is 19.0 Å². The van der Waals surface area contributed by atoms with Crippen LogP contribution in [0.1, 0.15) is 24.1 Å². The van der Waals surface area contributed by atoms with E-state index in [4.69, 9.17) is 5.73 Å². The summed E-state index contributed by atoms with van der Waals surface area (Å²) >= 11 is 0. The number of pyridine rings is 1. The van der Waals surface area contributed by atoms with E-state index in [0.29, 0.717) is 55.9 Å². The first-order valence-electron chi connectivity index (χ1n) is 11.1. The van der Waals surface area contributed by atoms with Crippen LogP contribution in [0.3, 0.4) is 0 Å². The van der Waals surface area contributed by atoms with E-state index in [0.717, 1.165) is 12.6 Å². The second-order valence-corrected chi connectivity index (χ2v) is 8.87. The minimum atomic E-state index is -0.643. The van der Waals surface area contributed by atoms with Crippen molar-refractivity contribution in [2.75, 3.05) is 5.73 Å². The zero-order chi connectivity index (χ0) is 23.4. The summed E-state index contributed by atoms with van der Waals surface area (Å²) in [5.41, 5.74) is 8.97. The lowest BCUT2D eigenvalue weighted by atomic mass is 10.00. The highest BCUT2D eigenvalue weighted by Gasteiger charge is 2.25. The van der Waals surface area contributed by atoms with Gasteiger partial charge in [0.05, 0.1) is 5.39 Å². The molecule has 8 heteroatoms. The maximum absolute atomic E-state index is 15.7. The van der Waals surface area contributed by atoms with Crippen LogP contribution in [0.2, 0.25) is 0 Å². The third kappa shape index (κ3) is 3.65. The van der Waals surface area contributed by atoms with Crippen LogP contribution in [0.25, 0.3) is 32.9 Å². The molecule has 2 aromatic carbocycles. The average molecular weight is 459 g/mol. The summed E-state index contributed by atoms with van der Waals surface area (Å²) in [6.07, 6.45) is 7.38. The third-order valence-electron chi connectivity index (χ3n) is 6.33. The molecule has 0 saturated heterocycles. The molecule has 3 heterocycles. The standard InChI is InChI=1S/C26H20F3N5/c27-17-5-15(6-18(28)9-17)7-19-8-16-3-4-20(24(29)21(16)10-31-19)22-12-34(11-14-1-2-14)26-23(22)25(30)32-13-33-26/h3-6,8-10,12-14H,1-2,7,11H2,(H2,30,32,33). The molecular weight excluding hydrogens is 439 g/mol. The van der Waals surface area contributed by atoms with Gasteiger partial charge in [-0.2, -0.15) is 0 Å². The maximum atomic E-state index is 15.7. The predicted molar refractivity (Wildman–Crippen MR) is 125 cm³/mol. The highest BCUT2D eigenvalue weighted by molar-refractivity contribution is 6.02. The van der Waals surface area contributed by atoms with Crippen molar-refractivity contribution < 1.29 is 13.2 Å². The van der Waals surface area contributed by atoms with Crippen molar-refractivity contribution in [2.45, 2.75) is 25.8 Å². The highest BCUT2D eigenvalue weighted by atomic mass is 19.1. The van der Waals surface area contributed by atoms with Gasteiger partial charge in [0.15, 0.2) is 0 Å². The minimum Gasteiger partial charge on any atom is -0.383 e. The third-order valence-corrected chi connectivity index (χ3v) is 6.33. The van der Waals surface area contributed by atoms with Crippen LogP contribution in [0.5, 0.6) is 0 Å². The van der Waals surface area contributed by atoms with Crippen molar-refractivity contribution in [1.29, 1.82) is 0 Å². The van der Waals surface area contributed by atoms with Crippen LogP contribution >= 0.6 is 0 Å². The van der Waals surface area contributed by atoms with Gasteiger partial charge in [0.2, 0.25) is 0 Å². The quantitative estimate of drug-likeness (QED) is 0.369. The number of anilines is 1. The van der Waals surface area contributed by atoms with Gasteiger partial charge in [-0.05, 0) is 47.9 Å². The Morgan fingerprint density at radius 3 is 2.50 bits per heavy atom. The first-order valence-corrected chi connectivity index (χ1v) is 11.1. The van der Waals surface area contributed by atoms with E-state index >= 15 is 4.39 Å². The zero-order valence-electron chi connectivity index (χ0n) is 18.1. The van der Waals surface area contributed by atoms with Gasteiger partial charge in [-0.1, -0.05) is 12.1 Å². The van der Waals surface area contributed by atoms with Gasteiger partial charge in [0.1, 0.15) is 35.2 Å². The van der Waals surface area contributed by atoms with Crippen LogP contribution in [0, 0.1) is 23.4 Å². The van der Waals surface area contributed by atoms with E-state index in [2.05, 4.69) is 15.0 Å². The van der Waals surface area contributed by atoms with Crippen molar-refractivity contribution in [3.05, 3.63) is 83.8 Å². The van der Waals surface area contributed by atoms with Crippen LogP contribution in [-0.4, -0.2) is 19.5 Å². The Morgan fingerprint density at radius 2 is 1.74 bits per heavy atom. The number of nitrogens with zero attached hydrogens (tertiary/aromatic N) is 4. The molecule has 0 bridgehead atoms. The molecular formula is C26H20F3N5. The lowest BCUT2D eigenvalue weighted by Crippen LogP contribution is -2.00. The molecule has 3 aromatic heterocycles. The fourth-order valence-electron chi connectivity index (χ4n) is 4.53. The summed E-state index contributed by atoms with van der Waals surface area (Å²) in [6.45, 7) is 0.813. The number of nitrogens with two attached hydrogens (primary N) is 1. The van der Waals surface area contributed by atoms with E-state index < -0.39 is 17.5 Å². The largest absolute Gasteiger partial charge is 0.383 e. The second-order valence-electron chi connectivity index (χ2n) is 8.87. The molecule has 170 valence electrons. The molecule has 1 fully saturated rings. The maximum Gasteiger partial charge on any atom is 0.146 e. The molecule has 1 saturated carbocycles. The number of hydrogen-bond acceptors (Lipinski definition) is 4. The SMILES string of the molecule is Nc1ncnc2c1c(-c1ccc3cc(Cc4cc(F)cc(F)c4)ncc3c1F)cn2CC1CC1. The van der Waals surface area contributed by atoms with Crippen LogP contribution < -0.4 is 5.73 Å². The number of nitrogen functional groups attached to an aromatic ring is 1.